The van der Waals surface area contributed by atoms with E-state index in [1.807, 2.05) is 0 Å². The first-order valence-electron chi connectivity index (χ1n) is 5.76. The molecule has 2 rings (SSSR count). The highest BCUT2D eigenvalue weighted by Crippen LogP contribution is 2.13. The van der Waals surface area contributed by atoms with E-state index in [-0.39, 0.29) is 11.3 Å². The van der Waals surface area contributed by atoms with Crippen LogP contribution in [0.15, 0.2) is 22.0 Å². The Morgan fingerprint density at radius 1 is 1.65 bits per heavy atom. The van der Waals surface area contributed by atoms with Gasteiger partial charge in [-0.2, -0.15) is 19.7 Å². The number of hydrogen-bond donors (Lipinski definition) is 1. The monoisotopic (exact) mass is 342 g/mol. The highest BCUT2D eigenvalue weighted by Gasteiger charge is 2.13. The van der Waals surface area contributed by atoms with Crippen molar-refractivity contribution < 1.29 is 9.18 Å². The van der Waals surface area contributed by atoms with Gasteiger partial charge in [-0.25, -0.2) is 10.1 Å². The summed E-state index contributed by atoms with van der Waals surface area (Å²) >= 11 is 3.21. The van der Waals surface area contributed by atoms with Gasteiger partial charge in [-0.05, 0) is 22.9 Å². The van der Waals surface area contributed by atoms with Crippen molar-refractivity contribution in [1.29, 1.82) is 0 Å². The molecule has 0 aliphatic rings. The van der Waals surface area contributed by atoms with Crippen molar-refractivity contribution in [2.75, 3.05) is 0 Å². The van der Waals surface area contributed by atoms with Gasteiger partial charge in [0.2, 0.25) is 5.95 Å². The number of hydrazone groups is 1. The third kappa shape index (κ3) is 2.93. The maximum atomic E-state index is 13.6. The summed E-state index contributed by atoms with van der Waals surface area (Å²) in [6.45, 7) is 2.20. The second kappa shape index (κ2) is 5.95. The van der Waals surface area contributed by atoms with Gasteiger partial charge in [-0.15, -0.1) is 0 Å². The zero-order chi connectivity index (χ0) is 14.7. The molecule has 0 radical (unpaired) electrons. The molecule has 7 nitrogen and oxygen atoms in total. The number of nitrogens with zero attached hydrogens (tertiary/aromatic N) is 5. The third-order valence-electron chi connectivity index (χ3n) is 2.47. The Labute approximate surface area is 122 Å². The smallest absolute Gasteiger partial charge is 0.274 e. The van der Waals surface area contributed by atoms with Crippen LogP contribution < -0.4 is 5.43 Å². The van der Waals surface area contributed by atoms with Crippen molar-refractivity contribution in [3.63, 3.8) is 0 Å². The molecule has 1 N–H and O–H groups in total. The number of halogens is 2. The number of amides is 1. The minimum Gasteiger partial charge on any atom is -0.274 e. The zero-order valence-corrected chi connectivity index (χ0v) is 12.4. The molecule has 1 amide bonds. The molecule has 0 spiro atoms. The van der Waals surface area contributed by atoms with Crippen molar-refractivity contribution in [3.05, 3.63) is 34.1 Å². The summed E-state index contributed by atoms with van der Waals surface area (Å²) < 4.78 is 16.9. The number of nitrogens with one attached hydrogen (secondary N) is 1. The molecule has 2 aromatic rings. The normalized spacial score (nSPS) is 11.2. The second-order valence-corrected chi connectivity index (χ2v) is 4.76. The van der Waals surface area contributed by atoms with Gasteiger partial charge in [0.1, 0.15) is 0 Å². The number of hydrogen-bond acceptors (Lipinski definition) is 4. The van der Waals surface area contributed by atoms with E-state index in [0.29, 0.717) is 11.0 Å². The fourth-order valence-electron chi connectivity index (χ4n) is 1.52. The van der Waals surface area contributed by atoms with Gasteiger partial charge in [0.25, 0.3) is 5.91 Å². The van der Waals surface area contributed by atoms with Gasteiger partial charge < -0.3 is 0 Å². The van der Waals surface area contributed by atoms with E-state index in [9.17, 15) is 9.18 Å². The van der Waals surface area contributed by atoms with Crippen LogP contribution in [0.25, 0.3) is 0 Å². The van der Waals surface area contributed by atoms with Gasteiger partial charge in [0.15, 0.2) is 5.69 Å². The van der Waals surface area contributed by atoms with E-state index in [1.165, 1.54) is 21.8 Å². The lowest BCUT2D eigenvalue weighted by atomic mass is 10.4. The molecule has 106 valence electrons. The highest BCUT2D eigenvalue weighted by atomic mass is 79.9. The Balaban J connectivity index is 2.04. The molecule has 2 aromatic heterocycles. The van der Waals surface area contributed by atoms with E-state index in [2.05, 4.69) is 36.7 Å². The molecule has 0 saturated carbocycles. The number of carbonyl (C=O) groups is 1. The van der Waals surface area contributed by atoms with Crippen LogP contribution in [-0.4, -0.2) is 31.7 Å². The summed E-state index contributed by atoms with van der Waals surface area (Å²) in [7, 11) is 1.69. The van der Waals surface area contributed by atoms with Gasteiger partial charge >= 0.3 is 0 Å². The topological polar surface area (TPSA) is 77.1 Å². The molecule has 20 heavy (non-hydrogen) atoms. The number of carbonyl (C=O) groups excluding carboxylic acids is 1. The van der Waals surface area contributed by atoms with Gasteiger partial charge in [0.05, 0.1) is 22.4 Å². The summed E-state index contributed by atoms with van der Waals surface area (Å²) in [4.78, 5) is 11.8. The number of rotatable bonds is 4. The maximum absolute atomic E-state index is 13.6. The van der Waals surface area contributed by atoms with E-state index in [1.54, 1.807) is 20.2 Å². The molecule has 0 unspecified atom stereocenters. The van der Waals surface area contributed by atoms with Crippen molar-refractivity contribution in [2.24, 2.45) is 12.1 Å². The highest BCUT2D eigenvalue weighted by molar-refractivity contribution is 9.10. The van der Waals surface area contributed by atoms with Crippen molar-refractivity contribution in [1.82, 2.24) is 25.0 Å². The van der Waals surface area contributed by atoms with E-state index in [4.69, 9.17) is 0 Å². The van der Waals surface area contributed by atoms with E-state index < -0.39 is 11.9 Å². The summed E-state index contributed by atoms with van der Waals surface area (Å²) in [5.41, 5.74) is 2.68. The Morgan fingerprint density at radius 3 is 2.95 bits per heavy atom. The Bertz CT molecular complexity index is 662. The average Bonchev–Trinajstić information content (AvgIpc) is 2.93. The number of aryl methyl sites for hydroxylation is 2. The van der Waals surface area contributed by atoms with Crippen LogP contribution in [0.3, 0.4) is 0 Å². The summed E-state index contributed by atoms with van der Waals surface area (Å²) in [5, 5.41) is 11.5. The molecule has 0 aromatic carbocycles. The fraction of sp³-hybridized carbons (Fsp3) is 0.273. The lowest BCUT2D eigenvalue weighted by molar-refractivity contribution is 0.0948. The first-order chi connectivity index (χ1) is 9.52. The predicted molar refractivity (Wildman–Crippen MR) is 73.8 cm³/mol. The van der Waals surface area contributed by atoms with Crippen molar-refractivity contribution in [2.45, 2.75) is 13.5 Å². The molecule has 0 aliphatic carbocycles. The largest absolute Gasteiger partial charge is 0.293 e. The summed E-state index contributed by atoms with van der Waals surface area (Å²) in [6.07, 6.45) is 4.18. The minimum atomic E-state index is -0.496. The van der Waals surface area contributed by atoms with Crippen LogP contribution in [0, 0.1) is 5.95 Å². The molecule has 0 aliphatic heterocycles. The zero-order valence-electron chi connectivity index (χ0n) is 10.8. The standard InChI is InChI=1S/C11H12BrFN6O/c1-3-19-10(13)7(5-15-19)4-14-16-11(20)9-8(12)6-18(2)17-9/h4-6H,3H2,1-2H3,(H,16,20)/b14-4-. The molecular weight excluding hydrogens is 331 g/mol. The van der Waals surface area contributed by atoms with E-state index in [0.717, 1.165) is 0 Å². The van der Waals surface area contributed by atoms with Crippen LogP contribution >= 0.6 is 15.9 Å². The van der Waals surface area contributed by atoms with Crippen LogP contribution in [0.4, 0.5) is 4.39 Å². The first kappa shape index (κ1) is 14.4. The summed E-state index contributed by atoms with van der Waals surface area (Å²) in [6, 6.07) is 0. The van der Waals surface area contributed by atoms with Crippen LogP contribution in [0.2, 0.25) is 0 Å². The lowest BCUT2D eigenvalue weighted by Crippen LogP contribution is -2.19. The minimum absolute atomic E-state index is 0.201. The van der Waals surface area contributed by atoms with Crippen LogP contribution in [0.1, 0.15) is 23.0 Å². The molecule has 0 saturated heterocycles. The van der Waals surface area contributed by atoms with Crippen molar-refractivity contribution in [3.8, 4) is 0 Å². The van der Waals surface area contributed by atoms with Crippen LogP contribution in [0.5, 0.6) is 0 Å². The van der Waals surface area contributed by atoms with Gasteiger partial charge in [-0.3, -0.25) is 9.48 Å². The lowest BCUT2D eigenvalue weighted by Gasteiger charge is -1.96. The second-order valence-electron chi connectivity index (χ2n) is 3.90. The maximum Gasteiger partial charge on any atom is 0.293 e. The predicted octanol–water partition coefficient (Wildman–Crippen LogP) is 1.30. The average molecular weight is 343 g/mol. The molecule has 0 atom stereocenters. The Morgan fingerprint density at radius 2 is 2.40 bits per heavy atom. The Hall–Kier alpha value is -2.03. The molecule has 0 bridgehead atoms. The third-order valence-corrected chi connectivity index (χ3v) is 3.05. The summed E-state index contributed by atoms with van der Waals surface area (Å²) in [5.74, 6) is -0.985. The molecule has 2 heterocycles. The molecular formula is C11H12BrFN6O. The fourth-order valence-corrected chi connectivity index (χ4v) is 2.07. The molecule has 9 heteroatoms. The quantitative estimate of drug-likeness (QED) is 0.672. The van der Waals surface area contributed by atoms with E-state index >= 15 is 0 Å². The Kier molecular flexibility index (Phi) is 4.28. The van der Waals surface area contributed by atoms with Gasteiger partial charge in [-0.1, -0.05) is 0 Å². The number of aromatic nitrogens is 4. The molecule has 0 fully saturated rings. The van der Waals surface area contributed by atoms with Crippen molar-refractivity contribution >= 4 is 28.1 Å². The first-order valence-corrected chi connectivity index (χ1v) is 6.56. The van der Waals surface area contributed by atoms with Gasteiger partial charge in [0, 0.05) is 19.8 Å². The SMILES string of the molecule is CCn1ncc(/C=N\NC(=O)c2nn(C)cc2Br)c1F. The van der Waals surface area contributed by atoms with Crippen LogP contribution in [-0.2, 0) is 13.6 Å².